The first-order chi connectivity index (χ1) is 9.03. The van der Waals surface area contributed by atoms with Crippen molar-refractivity contribution in [3.8, 4) is 0 Å². The molecule has 8 heteroatoms. The van der Waals surface area contributed by atoms with Crippen LogP contribution in [0.4, 0.5) is 0 Å². The molecule has 0 aliphatic heterocycles. The number of carbonyl (C=O) groups excluding carboxylic acids is 2. The highest BCUT2D eigenvalue weighted by atomic mass is 16.5. The van der Waals surface area contributed by atoms with Crippen LogP contribution in [0.5, 0.6) is 0 Å². The molecule has 0 unspecified atom stereocenters. The van der Waals surface area contributed by atoms with Crippen LogP contribution in [-0.4, -0.2) is 44.3 Å². The molecule has 0 radical (unpaired) electrons. The maximum atomic E-state index is 11.5. The van der Waals surface area contributed by atoms with Gasteiger partial charge in [0.15, 0.2) is 0 Å². The smallest absolute Gasteiger partial charge is 0.333 e. The first-order valence-corrected chi connectivity index (χ1v) is 5.66. The fraction of sp³-hybridized carbons (Fsp3) is 0.636. The monoisotopic (exact) mass is 268 g/mol. The highest BCUT2D eigenvalue weighted by molar-refractivity contribution is 5.89. The van der Waals surface area contributed by atoms with Crippen molar-refractivity contribution in [2.24, 2.45) is 5.11 Å². The van der Waals surface area contributed by atoms with Crippen LogP contribution in [-0.2, 0) is 19.1 Å². The third kappa shape index (κ3) is 3.70. The Morgan fingerprint density at radius 3 is 2.68 bits per heavy atom. The largest absolute Gasteiger partial charge is 0.466 e. The van der Waals surface area contributed by atoms with Crippen LogP contribution in [0, 0.1) is 0 Å². The summed E-state index contributed by atoms with van der Waals surface area (Å²) >= 11 is 0. The number of nitrogens with one attached hydrogen (secondary N) is 1. The van der Waals surface area contributed by atoms with E-state index >= 15 is 0 Å². The Bertz CT molecular complexity index is 442. The van der Waals surface area contributed by atoms with Crippen LogP contribution in [0.1, 0.15) is 13.3 Å². The predicted octanol–water partition coefficient (Wildman–Crippen LogP) is 0.688. The highest BCUT2D eigenvalue weighted by Crippen LogP contribution is 2.24. The van der Waals surface area contributed by atoms with E-state index in [4.69, 9.17) is 10.3 Å². The summed E-state index contributed by atoms with van der Waals surface area (Å²) in [6.45, 7) is 1.36. The number of hydrogen-bond donors (Lipinski definition) is 1. The molecule has 0 bridgehead atoms. The molecule has 8 nitrogen and oxygen atoms in total. The minimum absolute atomic E-state index is 0.196. The van der Waals surface area contributed by atoms with Gasteiger partial charge in [-0.1, -0.05) is 5.11 Å². The molecular formula is C11H16N4O4. The molecule has 3 atom stereocenters. The molecule has 0 spiro atoms. The number of nitrogens with zero attached hydrogens (tertiary/aromatic N) is 3. The summed E-state index contributed by atoms with van der Waals surface area (Å²) in [7, 11) is 2.72. The quantitative estimate of drug-likeness (QED) is 0.349. The van der Waals surface area contributed by atoms with Gasteiger partial charge in [0.1, 0.15) is 0 Å². The number of hydrogen-bond acceptors (Lipinski definition) is 5. The maximum absolute atomic E-state index is 11.5. The number of esters is 1. The second kappa shape index (κ2) is 6.77. The number of azide groups is 1. The van der Waals surface area contributed by atoms with Crippen molar-refractivity contribution in [2.45, 2.75) is 31.5 Å². The van der Waals surface area contributed by atoms with E-state index in [-0.39, 0.29) is 12.3 Å². The Labute approximate surface area is 110 Å². The molecule has 0 aromatic rings. The molecule has 0 aromatic carbocycles. The number of amides is 1. The summed E-state index contributed by atoms with van der Waals surface area (Å²) in [5, 5.41) is 6.29. The Morgan fingerprint density at radius 2 is 2.21 bits per heavy atom. The number of rotatable bonds is 4. The maximum Gasteiger partial charge on any atom is 0.333 e. The molecule has 1 aliphatic rings. The molecule has 1 N–H and O–H groups in total. The average molecular weight is 268 g/mol. The van der Waals surface area contributed by atoms with Gasteiger partial charge in [-0.2, -0.15) is 0 Å². The fourth-order valence-corrected chi connectivity index (χ4v) is 2.03. The average Bonchev–Trinajstić information content (AvgIpc) is 2.39. The summed E-state index contributed by atoms with van der Waals surface area (Å²) in [6.07, 6.45) is 1.22. The molecule has 104 valence electrons. The topological polar surface area (TPSA) is 113 Å². The van der Waals surface area contributed by atoms with E-state index in [0.29, 0.717) is 5.57 Å². The van der Waals surface area contributed by atoms with Gasteiger partial charge in [-0.05, 0) is 18.0 Å². The summed E-state index contributed by atoms with van der Waals surface area (Å²) < 4.78 is 9.86. The van der Waals surface area contributed by atoms with E-state index in [1.807, 2.05) is 0 Å². The van der Waals surface area contributed by atoms with E-state index in [9.17, 15) is 9.59 Å². The van der Waals surface area contributed by atoms with Gasteiger partial charge in [0, 0.05) is 24.5 Å². The molecule has 19 heavy (non-hydrogen) atoms. The molecule has 0 aromatic heterocycles. The number of ether oxygens (including phenoxy) is 2. The normalized spacial score (nSPS) is 25.8. The van der Waals surface area contributed by atoms with Crippen LogP contribution < -0.4 is 5.32 Å². The summed E-state index contributed by atoms with van der Waals surface area (Å²) in [5.74, 6) is -0.762. The van der Waals surface area contributed by atoms with Gasteiger partial charge in [-0.25, -0.2) is 4.79 Å². The Morgan fingerprint density at radius 1 is 1.53 bits per heavy atom. The number of methoxy groups -OCH3 is 2. The van der Waals surface area contributed by atoms with Crippen LogP contribution in [0.3, 0.4) is 0 Å². The molecule has 1 aliphatic carbocycles. The second-order valence-electron chi connectivity index (χ2n) is 4.09. The first kappa shape index (κ1) is 15.0. The van der Waals surface area contributed by atoms with Gasteiger partial charge in [-0.3, -0.25) is 4.79 Å². The fourth-order valence-electron chi connectivity index (χ4n) is 2.03. The SMILES string of the molecule is COC(=O)C1=C[C@@H](OC)[C@H](NC(C)=O)[C@@H](N=[N+]=[N-])C1. The zero-order valence-corrected chi connectivity index (χ0v) is 11.0. The van der Waals surface area contributed by atoms with Crippen LogP contribution in [0.15, 0.2) is 16.8 Å². The molecule has 0 saturated carbocycles. The Kier molecular flexibility index (Phi) is 5.35. The van der Waals surface area contributed by atoms with Crippen molar-refractivity contribution in [1.29, 1.82) is 0 Å². The van der Waals surface area contributed by atoms with Gasteiger partial charge < -0.3 is 14.8 Å². The zero-order chi connectivity index (χ0) is 14.4. The van der Waals surface area contributed by atoms with Crippen molar-refractivity contribution in [2.75, 3.05) is 14.2 Å². The summed E-state index contributed by atoms with van der Waals surface area (Å²) in [5.41, 5.74) is 8.95. The predicted molar refractivity (Wildman–Crippen MR) is 66.1 cm³/mol. The minimum atomic E-state index is -0.599. The van der Waals surface area contributed by atoms with Crippen LogP contribution >= 0.6 is 0 Å². The van der Waals surface area contributed by atoms with Gasteiger partial charge >= 0.3 is 5.97 Å². The minimum Gasteiger partial charge on any atom is -0.466 e. The third-order valence-electron chi connectivity index (χ3n) is 2.85. The van der Waals surface area contributed by atoms with E-state index < -0.39 is 24.2 Å². The molecular weight excluding hydrogens is 252 g/mol. The van der Waals surface area contributed by atoms with Crippen molar-refractivity contribution in [3.05, 3.63) is 22.1 Å². The summed E-state index contributed by atoms with van der Waals surface area (Å²) in [4.78, 5) is 25.5. The first-order valence-electron chi connectivity index (χ1n) is 5.66. The van der Waals surface area contributed by atoms with E-state index in [0.717, 1.165) is 0 Å². The van der Waals surface area contributed by atoms with Crippen molar-refractivity contribution in [1.82, 2.24) is 5.32 Å². The van der Waals surface area contributed by atoms with Crippen molar-refractivity contribution < 1.29 is 19.1 Å². The van der Waals surface area contributed by atoms with Crippen LogP contribution in [0.25, 0.3) is 10.4 Å². The lowest BCUT2D eigenvalue weighted by Crippen LogP contribution is -2.52. The summed E-state index contributed by atoms with van der Waals surface area (Å²) in [6, 6.07) is -1.11. The van der Waals surface area contributed by atoms with Gasteiger partial charge in [0.05, 0.1) is 25.3 Å². The van der Waals surface area contributed by atoms with Gasteiger partial charge in [-0.15, -0.1) is 0 Å². The lowest BCUT2D eigenvalue weighted by atomic mass is 9.88. The molecule has 1 amide bonds. The Balaban J connectivity index is 3.07. The number of carbonyl (C=O) groups is 2. The molecule has 1 rings (SSSR count). The molecule has 0 saturated heterocycles. The Hall–Kier alpha value is -2.05. The standard InChI is InChI=1S/C11H16N4O4/c1-6(16)13-10-8(14-15-12)4-7(11(17)19-3)5-9(10)18-2/h5,8-10H,4H2,1-3H3,(H,13,16)/t8-,9+,10+/m0/s1. The van der Waals surface area contributed by atoms with Gasteiger partial charge in [0.25, 0.3) is 0 Å². The second-order valence-corrected chi connectivity index (χ2v) is 4.09. The van der Waals surface area contributed by atoms with Crippen molar-refractivity contribution >= 4 is 11.9 Å². The zero-order valence-electron chi connectivity index (χ0n) is 11.0. The van der Waals surface area contributed by atoms with Gasteiger partial charge in [0.2, 0.25) is 5.91 Å². The molecule has 0 fully saturated rings. The lowest BCUT2D eigenvalue weighted by Gasteiger charge is -2.33. The van der Waals surface area contributed by atoms with E-state index in [1.165, 1.54) is 21.1 Å². The highest BCUT2D eigenvalue weighted by Gasteiger charge is 2.35. The third-order valence-corrected chi connectivity index (χ3v) is 2.85. The van der Waals surface area contributed by atoms with E-state index in [1.54, 1.807) is 6.08 Å². The van der Waals surface area contributed by atoms with E-state index in [2.05, 4.69) is 20.1 Å². The van der Waals surface area contributed by atoms with Crippen molar-refractivity contribution in [3.63, 3.8) is 0 Å². The lowest BCUT2D eigenvalue weighted by molar-refractivity contribution is -0.136. The molecule has 0 heterocycles. The van der Waals surface area contributed by atoms with Crippen LogP contribution in [0.2, 0.25) is 0 Å².